The van der Waals surface area contributed by atoms with Crippen molar-refractivity contribution in [1.29, 1.82) is 0 Å². The number of piperidine rings is 1. The van der Waals surface area contributed by atoms with Crippen molar-refractivity contribution in [3.63, 3.8) is 0 Å². The van der Waals surface area contributed by atoms with Gasteiger partial charge in [0.15, 0.2) is 0 Å². The molecule has 0 unspecified atom stereocenters. The zero-order valence-corrected chi connectivity index (χ0v) is 9.68. The Balaban J connectivity index is 0.000000980. The SMILES string of the molecule is CN(C1CCNCC1)[C@@H]1CCOC1.Cl. The first-order valence-corrected chi connectivity index (χ1v) is 5.38. The zero-order valence-electron chi connectivity index (χ0n) is 8.87. The number of likely N-dealkylation sites (N-methyl/N-ethyl adjacent to an activating group) is 1. The highest BCUT2D eigenvalue weighted by atomic mass is 35.5. The first kappa shape index (κ1) is 12.2. The summed E-state index contributed by atoms with van der Waals surface area (Å²) < 4.78 is 5.41. The molecule has 84 valence electrons. The lowest BCUT2D eigenvalue weighted by atomic mass is 10.0. The first-order chi connectivity index (χ1) is 6.38. The molecule has 0 spiro atoms. The van der Waals surface area contributed by atoms with Gasteiger partial charge in [-0.25, -0.2) is 0 Å². The molecule has 0 aromatic heterocycles. The predicted octanol–water partition coefficient (Wildman–Crippen LogP) is 0.881. The van der Waals surface area contributed by atoms with E-state index in [0.717, 1.165) is 19.3 Å². The zero-order chi connectivity index (χ0) is 9.10. The van der Waals surface area contributed by atoms with E-state index < -0.39 is 0 Å². The number of ether oxygens (including phenoxy) is 1. The van der Waals surface area contributed by atoms with Crippen LogP contribution in [0, 0.1) is 0 Å². The molecule has 3 nitrogen and oxygen atoms in total. The van der Waals surface area contributed by atoms with Crippen LogP contribution in [0.1, 0.15) is 19.3 Å². The highest BCUT2D eigenvalue weighted by molar-refractivity contribution is 5.85. The number of rotatable bonds is 2. The molecule has 4 heteroatoms. The molecule has 1 N–H and O–H groups in total. The van der Waals surface area contributed by atoms with E-state index >= 15 is 0 Å². The Bertz CT molecular complexity index is 156. The lowest BCUT2D eigenvalue weighted by molar-refractivity contribution is 0.116. The third kappa shape index (κ3) is 2.83. The smallest absolute Gasteiger partial charge is 0.0622 e. The van der Waals surface area contributed by atoms with Crippen LogP contribution in [0.3, 0.4) is 0 Å². The molecule has 0 aromatic carbocycles. The first-order valence-electron chi connectivity index (χ1n) is 5.38. The third-order valence-corrected chi connectivity index (χ3v) is 3.37. The van der Waals surface area contributed by atoms with Crippen molar-refractivity contribution in [1.82, 2.24) is 10.2 Å². The third-order valence-electron chi connectivity index (χ3n) is 3.37. The summed E-state index contributed by atoms with van der Waals surface area (Å²) in [5.74, 6) is 0. The minimum atomic E-state index is 0. The Morgan fingerprint density at radius 2 is 1.86 bits per heavy atom. The molecule has 0 saturated carbocycles. The number of hydrogen-bond acceptors (Lipinski definition) is 3. The van der Waals surface area contributed by atoms with E-state index in [2.05, 4.69) is 17.3 Å². The topological polar surface area (TPSA) is 24.5 Å². The van der Waals surface area contributed by atoms with E-state index in [1.54, 1.807) is 0 Å². The van der Waals surface area contributed by atoms with Gasteiger partial charge in [0.25, 0.3) is 0 Å². The number of halogens is 1. The average Bonchev–Trinajstić information content (AvgIpc) is 2.71. The lowest BCUT2D eigenvalue weighted by Gasteiger charge is -2.35. The number of nitrogens with zero attached hydrogens (tertiary/aromatic N) is 1. The van der Waals surface area contributed by atoms with Gasteiger partial charge < -0.3 is 10.1 Å². The van der Waals surface area contributed by atoms with E-state index in [4.69, 9.17) is 4.74 Å². The van der Waals surface area contributed by atoms with Crippen LogP contribution in [-0.4, -0.2) is 50.3 Å². The molecule has 0 radical (unpaired) electrons. The Kier molecular flexibility index (Phi) is 5.17. The summed E-state index contributed by atoms with van der Waals surface area (Å²) in [6, 6.07) is 1.47. The van der Waals surface area contributed by atoms with Crippen molar-refractivity contribution in [2.24, 2.45) is 0 Å². The molecule has 0 bridgehead atoms. The summed E-state index contributed by atoms with van der Waals surface area (Å²) in [5, 5.41) is 3.40. The van der Waals surface area contributed by atoms with Gasteiger partial charge >= 0.3 is 0 Å². The fourth-order valence-corrected chi connectivity index (χ4v) is 2.36. The van der Waals surface area contributed by atoms with Crippen LogP contribution < -0.4 is 5.32 Å². The Hall–Kier alpha value is 0.170. The molecule has 2 saturated heterocycles. The monoisotopic (exact) mass is 220 g/mol. The Morgan fingerprint density at radius 1 is 1.14 bits per heavy atom. The van der Waals surface area contributed by atoms with E-state index in [1.165, 1.54) is 32.4 Å². The fourth-order valence-electron chi connectivity index (χ4n) is 2.36. The van der Waals surface area contributed by atoms with Crippen LogP contribution in [0.25, 0.3) is 0 Å². The van der Waals surface area contributed by atoms with Crippen LogP contribution in [0.2, 0.25) is 0 Å². The second-order valence-electron chi connectivity index (χ2n) is 4.16. The maximum atomic E-state index is 5.41. The normalized spacial score (nSPS) is 29.1. The molecule has 2 rings (SSSR count). The van der Waals surface area contributed by atoms with Crippen LogP contribution in [0.15, 0.2) is 0 Å². The van der Waals surface area contributed by atoms with Gasteiger partial charge in [-0.05, 0) is 39.4 Å². The molecule has 1 atom stereocenters. The van der Waals surface area contributed by atoms with E-state index in [0.29, 0.717) is 6.04 Å². The summed E-state index contributed by atoms with van der Waals surface area (Å²) in [6.45, 7) is 4.27. The second-order valence-corrected chi connectivity index (χ2v) is 4.16. The summed E-state index contributed by atoms with van der Waals surface area (Å²) in [4.78, 5) is 2.54. The Labute approximate surface area is 92.6 Å². The van der Waals surface area contributed by atoms with Gasteiger partial charge in [-0.2, -0.15) is 0 Å². The molecule has 0 aromatic rings. The summed E-state index contributed by atoms with van der Waals surface area (Å²) in [7, 11) is 2.26. The lowest BCUT2D eigenvalue weighted by Crippen LogP contribution is -2.46. The summed E-state index contributed by atoms with van der Waals surface area (Å²) >= 11 is 0. The van der Waals surface area contributed by atoms with Crippen LogP contribution in [0.4, 0.5) is 0 Å². The molecule has 14 heavy (non-hydrogen) atoms. The van der Waals surface area contributed by atoms with Gasteiger partial charge in [-0.3, -0.25) is 4.90 Å². The summed E-state index contributed by atoms with van der Waals surface area (Å²) in [6.07, 6.45) is 3.82. The summed E-state index contributed by atoms with van der Waals surface area (Å²) in [5.41, 5.74) is 0. The highest BCUT2D eigenvalue weighted by Crippen LogP contribution is 2.18. The van der Waals surface area contributed by atoms with Crippen molar-refractivity contribution < 1.29 is 4.74 Å². The molecular formula is C10H21ClN2O. The quantitative estimate of drug-likeness (QED) is 0.748. The largest absolute Gasteiger partial charge is 0.380 e. The van der Waals surface area contributed by atoms with Gasteiger partial charge in [-0.1, -0.05) is 0 Å². The maximum Gasteiger partial charge on any atom is 0.0622 e. The van der Waals surface area contributed by atoms with Gasteiger partial charge in [0, 0.05) is 18.7 Å². The fraction of sp³-hybridized carbons (Fsp3) is 1.00. The molecular weight excluding hydrogens is 200 g/mol. The minimum Gasteiger partial charge on any atom is -0.380 e. The average molecular weight is 221 g/mol. The number of nitrogens with one attached hydrogen (secondary N) is 1. The van der Waals surface area contributed by atoms with E-state index in [1.807, 2.05) is 0 Å². The predicted molar refractivity (Wildman–Crippen MR) is 60.1 cm³/mol. The van der Waals surface area contributed by atoms with E-state index in [9.17, 15) is 0 Å². The van der Waals surface area contributed by atoms with Crippen molar-refractivity contribution in [2.75, 3.05) is 33.4 Å². The highest BCUT2D eigenvalue weighted by Gasteiger charge is 2.26. The van der Waals surface area contributed by atoms with Crippen molar-refractivity contribution in [3.8, 4) is 0 Å². The standard InChI is InChI=1S/C10H20N2O.ClH/c1-12(10-4-7-13-8-10)9-2-5-11-6-3-9;/h9-11H,2-8H2,1H3;1H/t10-;/m1./s1. The van der Waals surface area contributed by atoms with E-state index in [-0.39, 0.29) is 12.4 Å². The number of hydrogen-bond donors (Lipinski definition) is 1. The molecule has 2 heterocycles. The van der Waals surface area contributed by atoms with Gasteiger partial charge in [-0.15, -0.1) is 12.4 Å². The van der Waals surface area contributed by atoms with Crippen LogP contribution in [0.5, 0.6) is 0 Å². The minimum absolute atomic E-state index is 0. The van der Waals surface area contributed by atoms with Gasteiger partial charge in [0.2, 0.25) is 0 Å². The van der Waals surface area contributed by atoms with Crippen molar-refractivity contribution in [2.45, 2.75) is 31.3 Å². The second kappa shape index (κ2) is 5.91. The van der Waals surface area contributed by atoms with Crippen LogP contribution >= 0.6 is 12.4 Å². The van der Waals surface area contributed by atoms with Crippen molar-refractivity contribution in [3.05, 3.63) is 0 Å². The molecule has 0 aliphatic carbocycles. The molecule has 2 fully saturated rings. The van der Waals surface area contributed by atoms with Crippen molar-refractivity contribution >= 4 is 12.4 Å². The van der Waals surface area contributed by atoms with Gasteiger partial charge in [0.1, 0.15) is 0 Å². The Morgan fingerprint density at radius 3 is 2.43 bits per heavy atom. The molecule has 2 aliphatic rings. The van der Waals surface area contributed by atoms with Gasteiger partial charge in [0.05, 0.1) is 6.61 Å². The molecule has 2 aliphatic heterocycles. The van der Waals surface area contributed by atoms with Crippen LogP contribution in [-0.2, 0) is 4.74 Å². The molecule has 0 amide bonds. The maximum absolute atomic E-state index is 5.41.